The van der Waals surface area contributed by atoms with E-state index in [1.165, 1.54) is 0 Å². The molecule has 0 amide bonds. The first kappa shape index (κ1) is 16.9. The monoisotopic (exact) mass is 355 g/mol. The second-order valence-corrected chi connectivity index (χ2v) is 5.84. The fourth-order valence-electron chi connectivity index (χ4n) is 2.00. The van der Waals surface area contributed by atoms with Crippen LogP contribution in [0.15, 0.2) is 41.5 Å². The lowest BCUT2D eigenvalue weighted by atomic mass is 10.1. The molecular weight excluding hydrogens is 341 g/mol. The SMILES string of the molecule is CC/C(=N/Nc1ccc(Cl)c(Cl)c1)c1cc(Cl)ccc1NC. The first-order valence-electron chi connectivity index (χ1n) is 6.80. The largest absolute Gasteiger partial charge is 0.388 e. The van der Waals surface area contributed by atoms with E-state index >= 15 is 0 Å². The van der Waals surface area contributed by atoms with Crippen molar-refractivity contribution in [3.63, 3.8) is 0 Å². The van der Waals surface area contributed by atoms with Crippen LogP contribution in [0.25, 0.3) is 0 Å². The Kier molecular flexibility index (Phi) is 5.95. The highest BCUT2D eigenvalue weighted by molar-refractivity contribution is 6.42. The van der Waals surface area contributed by atoms with Gasteiger partial charge in [-0.2, -0.15) is 5.10 Å². The van der Waals surface area contributed by atoms with E-state index in [1.54, 1.807) is 12.1 Å². The van der Waals surface area contributed by atoms with Gasteiger partial charge in [-0.25, -0.2) is 0 Å². The van der Waals surface area contributed by atoms with Gasteiger partial charge >= 0.3 is 0 Å². The summed E-state index contributed by atoms with van der Waals surface area (Å²) < 4.78 is 0. The van der Waals surface area contributed by atoms with Crippen LogP contribution in [0.4, 0.5) is 11.4 Å². The van der Waals surface area contributed by atoms with Gasteiger partial charge in [-0.15, -0.1) is 0 Å². The van der Waals surface area contributed by atoms with Crippen molar-refractivity contribution in [1.29, 1.82) is 0 Å². The Morgan fingerprint density at radius 1 is 1.05 bits per heavy atom. The number of hydrogen-bond donors (Lipinski definition) is 2. The quantitative estimate of drug-likeness (QED) is 0.515. The van der Waals surface area contributed by atoms with Crippen molar-refractivity contribution in [3.8, 4) is 0 Å². The van der Waals surface area contributed by atoms with Crippen LogP contribution in [-0.4, -0.2) is 12.8 Å². The van der Waals surface area contributed by atoms with Crippen LogP contribution in [0.2, 0.25) is 15.1 Å². The van der Waals surface area contributed by atoms with Crippen LogP contribution in [0.1, 0.15) is 18.9 Å². The average molecular weight is 357 g/mol. The number of hydrogen-bond acceptors (Lipinski definition) is 3. The molecule has 0 aliphatic carbocycles. The summed E-state index contributed by atoms with van der Waals surface area (Å²) in [7, 11) is 1.87. The molecule has 0 saturated heterocycles. The topological polar surface area (TPSA) is 36.4 Å². The maximum Gasteiger partial charge on any atom is 0.0697 e. The van der Waals surface area contributed by atoms with Crippen molar-refractivity contribution in [2.24, 2.45) is 5.10 Å². The molecule has 2 aromatic carbocycles. The van der Waals surface area contributed by atoms with Crippen molar-refractivity contribution in [2.75, 3.05) is 17.8 Å². The van der Waals surface area contributed by atoms with Gasteiger partial charge in [0.2, 0.25) is 0 Å². The summed E-state index contributed by atoms with van der Waals surface area (Å²) in [6, 6.07) is 11.0. The molecule has 0 aromatic heterocycles. The molecule has 0 heterocycles. The van der Waals surface area contributed by atoms with Crippen LogP contribution in [0.5, 0.6) is 0 Å². The number of halogens is 3. The minimum atomic E-state index is 0.485. The highest BCUT2D eigenvalue weighted by Crippen LogP contribution is 2.26. The van der Waals surface area contributed by atoms with Crippen LogP contribution in [-0.2, 0) is 0 Å². The average Bonchev–Trinajstić information content (AvgIpc) is 2.51. The lowest BCUT2D eigenvalue weighted by Gasteiger charge is -2.12. The van der Waals surface area contributed by atoms with E-state index in [-0.39, 0.29) is 0 Å². The summed E-state index contributed by atoms with van der Waals surface area (Å²) in [5, 5.41) is 9.28. The zero-order chi connectivity index (χ0) is 16.1. The predicted molar refractivity (Wildman–Crippen MR) is 97.9 cm³/mol. The van der Waals surface area contributed by atoms with E-state index in [9.17, 15) is 0 Å². The Labute approximate surface area is 145 Å². The molecule has 0 spiro atoms. The third-order valence-electron chi connectivity index (χ3n) is 3.14. The summed E-state index contributed by atoms with van der Waals surface area (Å²) in [5.74, 6) is 0. The zero-order valence-corrected chi connectivity index (χ0v) is 14.5. The van der Waals surface area contributed by atoms with Gasteiger partial charge in [-0.3, -0.25) is 5.43 Å². The minimum absolute atomic E-state index is 0.485. The van der Waals surface area contributed by atoms with Crippen molar-refractivity contribution >= 4 is 51.9 Å². The second-order valence-electron chi connectivity index (χ2n) is 4.59. The molecule has 0 bridgehead atoms. The maximum absolute atomic E-state index is 6.09. The Hall–Kier alpha value is -1.42. The van der Waals surface area contributed by atoms with E-state index < -0.39 is 0 Å². The first-order valence-corrected chi connectivity index (χ1v) is 7.93. The maximum atomic E-state index is 6.09. The molecule has 2 N–H and O–H groups in total. The van der Waals surface area contributed by atoms with Gasteiger partial charge in [-0.1, -0.05) is 41.7 Å². The van der Waals surface area contributed by atoms with Gasteiger partial charge in [0.05, 0.1) is 21.4 Å². The first-order chi connectivity index (χ1) is 10.5. The lowest BCUT2D eigenvalue weighted by molar-refractivity contribution is 1.22. The van der Waals surface area contributed by atoms with Gasteiger partial charge < -0.3 is 5.32 Å². The van der Waals surface area contributed by atoms with Crippen molar-refractivity contribution in [3.05, 3.63) is 57.0 Å². The second kappa shape index (κ2) is 7.73. The van der Waals surface area contributed by atoms with Gasteiger partial charge in [0, 0.05) is 23.3 Å². The molecule has 0 aliphatic rings. The van der Waals surface area contributed by atoms with Crippen LogP contribution >= 0.6 is 34.8 Å². The standard InChI is InChI=1S/C16H16Cl3N3/c1-3-15(12-8-10(17)4-7-16(12)20-2)22-21-11-5-6-13(18)14(19)9-11/h4-9,20-21H,3H2,1-2H3/b22-15-. The molecular formula is C16H16Cl3N3. The summed E-state index contributed by atoms with van der Waals surface area (Å²) in [4.78, 5) is 0. The molecule has 116 valence electrons. The molecule has 0 atom stereocenters. The number of rotatable bonds is 5. The van der Waals surface area contributed by atoms with Crippen molar-refractivity contribution < 1.29 is 0 Å². The van der Waals surface area contributed by atoms with E-state index in [2.05, 4.69) is 15.8 Å². The highest BCUT2D eigenvalue weighted by atomic mass is 35.5. The molecule has 0 saturated carbocycles. The van der Waals surface area contributed by atoms with Crippen molar-refractivity contribution in [2.45, 2.75) is 13.3 Å². The number of benzene rings is 2. The number of nitrogens with one attached hydrogen (secondary N) is 2. The third kappa shape index (κ3) is 4.07. The Morgan fingerprint density at radius 3 is 2.45 bits per heavy atom. The summed E-state index contributed by atoms with van der Waals surface area (Å²) in [6.45, 7) is 2.04. The molecule has 2 rings (SSSR count). The normalized spacial score (nSPS) is 11.4. The molecule has 0 radical (unpaired) electrons. The Morgan fingerprint density at radius 2 is 1.82 bits per heavy atom. The molecule has 2 aromatic rings. The van der Waals surface area contributed by atoms with E-state index in [1.807, 2.05) is 38.2 Å². The Balaban J connectivity index is 2.31. The van der Waals surface area contributed by atoms with Gasteiger partial charge in [-0.05, 0) is 42.8 Å². The predicted octanol–water partition coefficient (Wildman–Crippen LogP) is 5.91. The molecule has 3 nitrogen and oxygen atoms in total. The third-order valence-corrected chi connectivity index (χ3v) is 4.11. The molecule has 0 unspecified atom stereocenters. The number of nitrogens with zero attached hydrogens (tertiary/aromatic N) is 1. The van der Waals surface area contributed by atoms with E-state index in [4.69, 9.17) is 34.8 Å². The number of hydrazone groups is 1. The molecule has 6 heteroatoms. The zero-order valence-electron chi connectivity index (χ0n) is 12.3. The smallest absolute Gasteiger partial charge is 0.0697 e. The molecule has 22 heavy (non-hydrogen) atoms. The summed E-state index contributed by atoms with van der Waals surface area (Å²) in [5.41, 5.74) is 6.60. The number of anilines is 2. The van der Waals surface area contributed by atoms with E-state index in [0.717, 1.165) is 29.1 Å². The minimum Gasteiger partial charge on any atom is -0.388 e. The summed E-state index contributed by atoms with van der Waals surface area (Å²) >= 11 is 18.0. The van der Waals surface area contributed by atoms with E-state index in [0.29, 0.717) is 15.1 Å². The highest BCUT2D eigenvalue weighted by Gasteiger charge is 2.08. The molecule has 0 aliphatic heterocycles. The fourth-order valence-corrected chi connectivity index (χ4v) is 2.47. The fraction of sp³-hybridized carbons (Fsp3) is 0.188. The molecule has 0 fully saturated rings. The van der Waals surface area contributed by atoms with Crippen LogP contribution in [0, 0.1) is 0 Å². The summed E-state index contributed by atoms with van der Waals surface area (Å²) in [6.07, 6.45) is 0.753. The van der Waals surface area contributed by atoms with Gasteiger partial charge in [0.25, 0.3) is 0 Å². The van der Waals surface area contributed by atoms with Crippen LogP contribution < -0.4 is 10.7 Å². The van der Waals surface area contributed by atoms with Gasteiger partial charge in [0.1, 0.15) is 0 Å². The van der Waals surface area contributed by atoms with Crippen molar-refractivity contribution in [1.82, 2.24) is 0 Å². The van der Waals surface area contributed by atoms with Gasteiger partial charge in [0.15, 0.2) is 0 Å². The lowest BCUT2D eigenvalue weighted by Crippen LogP contribution is -2.07. The van der Waals surface area contributed by atoms with Crippen LogP contribution in [0.3, 0.4) is 0 Å². The Bertz CT molecular complexity index is 699.